The number of rotatable bonds is 2. The molecule has 0 radical (unpaired) electrons. The Morgan fingerprint density at radius 3 is 2.50 bits per heavy atom. The summed E-state index contributed by atoms with van der Waals surface area (Å²) < 4.78 is 13.1. The molecule has 1 rings (SSSR count). The second-order valence-corrected chi connectivity index (χ2v) is 3.44. The van der Waals surface area contributed by atoms with Crippen LogP contribution >= 0.6 is 35.0 Å². The van der Waals surface area contributed by atoms with Gasteiger partial charge in [-0.2, -0.15) is 0 Å². The molecule has 0 saturated heterocycles. The first kappa shape index (κ1) is 12.1. The summed E-state index contributed by atoms with van der Waals surface area (Å²) in [4.78, 5) is 0. The summed E-state index contributed by atoms with van der Waals surface area (Å²) in [6.07, 6.45) is 0. The van der Waals surface area contributed by atoms with Gasteiger partial charge in [-0.3, -0.25) is 0 Å². The van der Waals surface area contributed by atoms with Crippen LogP contribution in [0.25, 0.3) is 0 Å². The standard InChI is InChI=1S/C8H9FIN.ClH/c9-5-8(11)6-3-1-2-4-7(6)10;/h1-4,8H,5,11H2;1H/t8-;/m0./s1. The lowest BCUT2D eigenvalue weighted by Gasteiger charge is -2.08. The minimum atomic E-state index is -0.500. The van der Waals surface area contributed by atoms with E-state index in [9.17, 15) is 4.39 Å². The van der Waals surface area contributed by atoms with Gasteiger partial charge in [0.15, 0.2) is 0 Å². The Hall–Kier alpha value is 0.130. The third-order valence-electron chi connectivity index (χ3n) is 1.47. The van der Waals surface area contributed by atoms with Crippen molar-refractivity contribution in [3.8, 4) is 0 Å². The maximum atomic E-state index is 12.1. The van der Waals surface area contributed by atoms with Gasteiger partial charge in [-0.05, 0) is 34.2 Å². The number of hydrogen-bond donors (Lipinski definition) is 1. The summed E-state index contributed by atoms with van der Waals surface area (Å²) in [5.41, 5.74) is 6.40. The molecule has 1 aromatic carbocycles. The van der Waals surface area contributed by atoms with Crippen molar-refractivity contribution in [1.82, 2.24) is 0 Å². The Labute approximate surface area is 91.1 Å². The van der Waals surface area contributed by atoms with Gasteiger partial charge in [-0.25, -0.2) is 4.39 Å². The first-order valence-corrected chi connectivity index (χ1v) is 4.39. The van der Waals surface area contributed by atoms with Crippen LogP contribution in [0.4, 0.5) is 4.39 Å². The molecular weight excluding hydrogens is 291 g/mol. The molecule has 1 nitrogen and oxygen atoms in total. The van der Waals surface area contributed by atoms with Crippen molar-refractivity contribution in [3.05, 3.63) is 33.4 Å². The second-order valence-electron chi connectivity index (χ2n) is 2.28. The lowest BCUT2D eigenvalue weighted by atomic mass is 10.1. The van der Waals surface area contributed by atoms with Crippen molar-refractivity contribution in [2.24, 2.45) is 5.73 Å². The molecule has 0 saturated carbocycles. The van der Waals surface area contributed by atoms with Crippen molar-refractivity contribution < 1.29 is 4.39 Å². The van der Waals surface area contributed by atoms with E-state index in [1.54, 1.807) is 0 Å². The minimum absolute atomic E-state index is 0. The molecule has 0 spiro atoms. The number of alkyl halides is 1. The zero-order chi connectivity index (χ0) is 8.27. The zero-order valence-electron chi connectivity index (χ0n) is 6.34. The summed E-state index contributed by atoms with van der Waals surface area (Å²) in [5.74, 6) is 0. The molecule has 1 aromatic rings. The van der Waals surface area contributed by atoms with Crippen LogP contribution in [0.5, 0.6) is 0 Å². The van der Waals surface area contributed by atoms with E-state index in [1.165, 1.54) is 0 Å². The molecule has 0 heterocycles. The molecule has 0 aromatic heterocycles. The van der Waals surface area contributed by atoms with E-state index >= 15 is 0 Å². The molecule has 0 bridgehead atoms. The van der Waals surface area contributed by atoms with Crippen LogP contribution < -0.4 is 5.73 Å². The monoisotopic (exact) mass is 301 g/mol. The largest absolute Gasteiger partial charge is 0.322 e. The fraction of sp³-hybridized carbons (Fsp3) is 0.250. The highest BCUT2D eigenvalue weighted by molar-refractivity contribution is 14.1. The Kier molecular flexibility index (Phi) is 5.78. The Balaban J connectivity index is 0.00000121. The summed E-state index contributed by atoms with van der Waals surface area (Å²) in [5, 5.41) is 0. The van der Waals surface area contributed by atoms with E-state index in [0.717, 1.165) is 9.13 Å². The molecule has 0 aliphatic carbocycles. The van der Waals surface area contributed by atoms with Gasteiger partial charge in [-0.15, -0.1) is 12.4 Å². The summed E-state index contributed by atoms with van der Waals surface area (Å²) in [6, 6.07) is 7.09. The van der Waals surface area contributed by atoms with Crippen molar-refractivity contribution in [1.29, 1.82) is 0 Å². The average molecular weight is 302 g/mol. The molecule has 2 N–H and O–H groups in total. The number of hydrogen-bond acceptors (Lipinski definition) is 1. The SMILES string of the molecule is Cl.N[C@@H](CF)c1ccccc1I. The normalized spacial score (nSPS) is 11.9. The Morgan fingerprint density at radius 2 is 2.00 bits per heavy atom. The van der Waals surface area contributed by atoms with Crippen LogP contribution in [-0.2, 0) is 0 Å². The quantitative estimate of drug-likeness (QED) is 0.835. The molecule has 0 amide bonds. The van der Waals surface area contributed by atoms with Gasteiger partial charge < -0.3 is 5.73 Å². The first-order valence-electron chi connectivity index (χ1n) is 3.31. The number of nitrogens with two attached hydrogens (primary N) is 1. The Morgan fingerprint density at radius 1 is 1.42 bits per heavy atom. The summed E-state index contributed by atoms with van der Waals surface area (Å²) >= 11 is 2.15. The molecular formula is C8H10ClFIN. The van der Waals surface area contributed by atoms with Crippen LogP contribution in [0.3, 0.4) is 0 Å². The lowest BCUT2D eigenvalue weighted by Crippen LogP contribution is -2.13. The van der Waals surface area contributed by atoms with E-state index in [-0.39, 0.29) is 12.4 Å². The van der Waals surface area contributed by atoms with Gasteiger partial charge in [0, 0.05) is 3.57 Å². The van der Waals surface area contributed by atoms with Gasteiger partial charge in [-0.1, -0.05) is 18.2 Å². The van der Waals surface area contributed by atoms with Gasteiger partial charge in [0.25, 0.3) is 0 Å². The molecule has 1 atom stereocenters. The van der Waals surface area contributed by atoms with Crippen molar-refractivity contribution in [2.45, 2.75) is 6.04 Å². The predicted octanol–water partition coefficient (Wildman–Crippen LogP) is 2.68. The molecule has 4 heteroatoms. The van der Waals surface area contributed by atoms with Crippen LogP contribution in [0, 0.1) is 3.57 Å². The third-order valence-corrected chi connectivity index (χ3v) is 2.45. The smallest absolute Gasteiger partial charge is 0.109 e. The predicted molar refractivity (Wildman–Crippen MR) is 59.3 cm³/mol. The highest BCUT2D eigenvalue weighted by Gasteiger charge is 2.07. The molecule has 0 unspecified atom stereocenters. The first-order chi connectivity index (χ1) is 5.25. The fourth-order valence-electron chi connectivity index (χ4n) is 0.859. The fourth-order valence-corrected chi connectivity index (χ4v) is 1.65. The van der Waals surface area contributed by atoms with Gasteiger partial charge in [0.05, 0.1) is 6.04 Å². The molecule has 68 valence electrons. The van der Waals surface area contributed by atoms with E-state index < -0.39 is 12.7 Å². The van der Waals surface area contributed by atoms with E-state index in [2.05, 4.69) is 22.6 Å². The second kappa shape index (κ2) is 5.72. The van der Waals surface area contributed by atoms with Gasteiger partial charge in [0.1, 0.15) is 6.67 Å². The van der Waals surface area contributed by atoms with Gasteiger partial charge >= 0.3 is 0 Å². The number of halogens is 3. The maximum Gasteiger partial charge on any atom is 0.109 e. The molecule has 12 heavy (non-hydrogen) atoms. The lowest BCUT2D eigenvalue weighted by molar-refractivity contribution is 0.436. The number of benzene rings is 1. The Bertz CT molecular complexity index is 244. The zero-order valence-corrected chi connectivity index (χ0v) is 9.31. The van der Waals surface area contributed by atoms with Crippen LogP contribution in [0.15, 0.2) is 24.3 Å². The summed E-state index contributed by atoms with van der Waals surface area (Å²) in [6.45, 7) is -0.500. The van der Waals surface area contributed by atoms with Crippen LogP contribution in [0.1, 0.15) is 11.6 Å². The average Bonchev–Trinajstić information content (AvgIpc) is 2.04. The van der Waals surface area contributed by atoms with E-state index in [0.29, 0.717) is 0 Å². The van der Waals surface area contributed by atoms with Crippen molar-refractivity contribution in [2.75, 3.05) is 6.67 Å². The summed E-state index contributed by atoms with van der Waals surface area (Å²) in [7, 11) is 0. The van der Waals surface area contributed by atoms with Crippen LogP contribution in [-0.4, -0.2) is 6.67 Å². The van der Waals surface area contributed by atoms with E-state index in [4.69, 9.17) is 5.73 Å². The van der Waals surface area contributed by atoms with Crippen molar-refractivity contribution in [3.63, 3.8) is 0 Å². The minimum Gasteiger partial charge on any atom is -0.322 e. The maximum absolute atomic E-state index is 12.1. The molecule has 0 aliphatic rings. The van der Waals surface area contributed by atoms with E-state index in [1.807, 2.05) is 24.3 Å². The van der Waals surface area contributed by atoms with Crippen molar-refractivity contribution >= 4 is 35.0 Å². The highest BCUT2D eigenvalue weighted by Crippen LogP contribution is 2.17. The molecule has 0 aliphatic heterocycles. The van der Waals surface area contributed by atoms with Gasteiger partial charge in [0.2, 0.25) is 0 Å². The molecule has 0 fully saturated rings. The van der Waals surface area contributed by atoms with Crippen LogP contribution in [0.2, 0.25) is 0 Å². The highest BCUT2D eigenvalue weighted by atomic mass is 127. The third kappa shape index (κ3) is 2.88. The topological polar surface area (TPSA) is 26.0 Å².